The van der Waals surface area contributed by atoms with Gasteiger partial charge in [0.05, 0.1) is 12.2 Å². The molecule has 1 aromatic rings. The Labute approximate surface area is 128 Å². The van der Waals surface area contributed by atoms with Gasteiger partial charge in [0.15, 0.2) is 5.84 Å². The third-order valence-electron chi connectivity index (χ3n) is 3.74. The normalized spacial score (nSPS) is 16.6. The Balaban J connectivity index is 2.26. The van der Waals surface area contributed by atoms with Crippen LogP contribution in [0.4, 0.5) is 0 Å². The minimum atomic E-state index is -0.118. The zero-order valence-corrected chi connectivity index (χ0v) is 13.1. The summed E-state index contributed by atoms with van der Waals surface area (Å²) in [5.41, 5.74) is 6.32. The Morgan fingerprint density at radius 3 is 2.76 bits per heavy atom. The van der Waals surface area contributed by atoms with Crippen molar-refractivity contribution in [3.8, 4) is 0 Å². The van der Waals surface area contributed by atoms with Gasteiger partial charge in [0.2, 0.25) is 0 Å². The number of oxime groups is 1. The Hall–Kier alpha value is -1.70. The molecule has 0 aromatic carbocycles. The van der Waals surface area contributed by atoms with Gasteiger partial charge in [0.25, 0.3) is 5.91 Å². The molecule has 0 radical (unpaired) electrons. The molecule has 21 heavy (non-hydrogen) atoms. The van der Waals surface area contributed by atoms with Crippen LogP contribution >= 0.6 is 11.5 Å². The van der Waals surface area contributed by atoms with Gasteiger partial charge in [-0.2, -0.15) is 0 Å². The first-order valence-corrected chi connectivity index (χ1v) is 7.91. The molecular formula is C13H21N5O2S. The van der Waals surface area contributed by atoms with E-state index >= 15 is 0 Å². The van der Waals surface area contributed by atoms with E-state index in [0.717, 1.165) is 37.2 Å². The molecule has 3 N–H and O–H groups in total. The SMILES string of the molecule is CC(C)c1nnsc1C(=O)N(CC(N)=NO)C1CCCC1. The van der Waals surface area contributed by atoms with Gasteiger partial charge in [-0.1, -0.05) is 36.3 Å². The van der Waals surface area contributed by atoms with Crippen molar-refractivity contribution in [3.63, 3.8) is 0 Å². The van der Waals surface area contributed by atoms with Crippen LogP contribution in [-0.2, 0) is 0 Å². The van der Waals surface area contributed by atoms with Gasteiger partial charge in [-0.3, -0.25) is 4.79 Å². The molecule has 7 nitrogen and oxygen atoms in total. The van der Waals surface area contributed by atoms with Crippen molar-refractivity contribution < 1.29 is 10.0 Å². The quantitative estimate of drug-likeness (QED) is 0.373. The lowest BCUT2D eigenvalue weighted by atomic mass is 10.1. The predicted molar refractivity (Wildman–Crippen MR) is 80.7 cm³/mol. The molecule has 116 valence electrons. The third kappa shape index (κ3) is 3.49. The van der Waals surface area contributed by atoms with E-state index in [2.05, 4.69) is 14.7 Å². The van der Waals surface area contributed by atoms with E-state index in [0.29, 0.717) is 10.6 Å². The van der Waals surface area contributed by atoms with Gasteiger partial charge < -0.3 is 15.8 Å². The van der Waals surface area contributed by atoms with E-state index in [1.807, 2.05) is 13.8 Å². The largest absolute Gasteiger partial charge is 0.409 e. The molecule has 0 saturated heterocycles. The van der Waals surface area contributed by atoms with Gasteiger partial charge >= 0.3 is 0 Å². The second-order valence-electron chi connectivity index (χ2n) is 5.60. The van der Waals surface area contributed by atoms with Crippen LogP contribution in [-0.4, -0.2) is 44.0 Å². The molecule has 1 aromatic heterocycles. The molecule has 8 heteroatoms. The minimum absolute atomic E-state index is 0.0406. The van der Waals surface area contributed by atoms with Crippen LogP contribution in [0.2, 0.25) is 0 Å². The van der Waals surface area contributed by atoms with Crippen LogP contribution in [0.3, 0.4) is 0 Å². The highest BCUT2D eigenvalue weighted by atomic mass is 32.1. The number of hydrogen-bond donors (Lipinski definition) is 2. The number of hydrogen-bond acceptors (Lipinski definition) is 6. The number of amides is 1. The first-order valence-electron chi connectivity index (χ1n) is 7.14. The van der Waals surface area contributed by atoms with Crippen molar-refractivity contribution in [1.82, 2.24) is 14.5 Å². The Morgan fingerprint density at radius 1 is 1.52 bits per heavy atom. The van der Waals surface area contributed by atoms with Gasteiger partial charge in [-0.25, -0.2) is 0 Å². The maximum atomic E-state index is 12.8. The van der Waals surface area contributed by atoms with Crippen molar-refractivity contribution in [3.05, 3.63) is 10.6 Å². The van der Waals surface area contributed by atoms with Crippen LogP contribution < -0.4 is 5.73 Å². The van der Waals surface area contributed by atoms with Gasteiger partial charge in [-0.15, -0.1) is 5.10 Å². The summed E-state index contributed by atoms with van der Waals surface area (Å²) in [6.07, 6.45) is 4.10. The van der Waals surface area contributed by atoms with E-state index < -0.39 is 0 Å². The summed E-state index contributed by atoms with van der Waals surface area (Å²) in [7, 11) is 0. The lowest BCUT2D eigenvalue weighted by Crippen LogP contribution is -2.44. The zero-order valence-electron chi connectivity index (χ0n) is 12.3. The first kappa shape index (κ1) is 15.7. The first-order chi connectivity index (χ1) is 10.0. The third-order valence-corrected chi connectivity index (χ3v) is 4.47. The molecule has 1 fully saturated rings. The number of aromatic nitrogens is 2. The van der Waals surface area contributed by atoms with Gasteiger partial charge in [-0.05, 0) is 30.3 Å². The highest BCUT2D eigenvalue weighted by Crippen LogP contribution is 2.27. The summed E-state index contributed by atoms with van der Waals surface area (Å²) in [6, 6.07) is 0.139. The fourth-order valence-corrected chi connectivity index (χ4v) is 3.42. The topological polar surface area (TPSA) is 105 Å². The lowest BCUT2D eigenvalue weighted by molar-refractivity contribution is 0.0715. The standard InChI is InChI=1S/C13H21N5O2S/c1-8(2)11-12(21-17-15-11)13(19)18(7-10(14)16-20)9-5-3-4-6-9/h8-9,20H,3-7H2,1-2H3,(H2,14,16). The number of rotatable bonds is 5. The van der Waals surface area contributed by atoms with Gasteiger partial charge in [0.1, 0.15) is 4.88 Å². The summed E-state index contributed by atoms with van der Waals surface area (Å²) < 4.78 is 3.91. The molecule has 0 aliphatic heterocycles. The van der Waals surface area contributed by atoms with Crippen LogP contribution in [0.25, 0.3) is 0 Å². The maximum Gasteiger partial charge on any atom is 0.268 e. The smallest absolute Gasteiger partial charge is 0.268 e. The lowest BCUT2D eigenvalue weighted by Gasteiger charge is -2.28. The molecule has 1 amide bonds. The highest BCUT2D eigenvalue weighted by molar-refractivity contribution is 7.08. The van der Waals surface area contributed by atoms with E-state index in [9.17, 15) is 4.79 Å². The zero-order chi connectivity index (χ0) is 15.4. The summed E-state index contributed by atoms with van der Waals surface area (Å²) in [4.78, 5) is 15.1. The molecule has 0 atom stereocenters. The molecular weight excluding hydrogens is 290 g/mol. The minimum Gasteiger partial charge on any atom is -0.409 e. The number of carbonyl (C=O) groups is 1. The fourth-order valence-electron chi connectivity index (χ4n) is 2.64. The van der Waals surface area contributed by atoms with E-state index in [1.54, 1.807) is 4.90 Å². The van der Waals surface area contributed by atoms with E-state index in [-0.39, 0.29) is 30.2 Å². The summed E-state index contributed by atoms with van der Waals surface area (Å²) in [6.45, 7) is 4.10. The second kappa shape index (κ2) is 6.84. The molecule has 0 spiro atoms. The fraction of sp³-hybridized carbons (Fsp3) is 0.692. The molecule has 1 heterocycles. The summed E-state index contributed by atoms with van der Waals surface area (Å²) in [5, 5.41) is 15.8. The number of nitrogens with two attached hydrogens (primary N) is 1. The van der Waals surface area contributed by atoms with Crippen LogP contribution in [0.5, 0.6) is 0 Å². The van der Waals surface area contributed by atoms with Crippen molar-refractivity contribution in [1.29, 1.82) is 0 Å². The maximum absolute atomic E-state index is 12.8. The second-order valence-corrected chi connectivity index (χ2v) is 6.36. The van der Waals surface area contributed by atoms with Crippen LogP contribution in [0.1, 0.15) is 60.8 Å². The number of carbonyl (C=O) groups excluding carboxylic acids is 1. The molecule has 0 unspecified atom stereocenters. The molecule has 1 saturated carbocycles. The van der Waals surface area contributed by atoms with Crippen molar-refractivity contribution in [2.45, 2.75) is 51.5 Å². The van der Waals surface area contributed by atoms with Crippen molar-refractivity contribution in [2.75, 3.05) is 6.54 Å². The average molecular weight is 311 g/mol. The highest BCUT2D eigenvalue weighted by Gasteiger charge is 2.31. The Kier molecular flexibility index (Phi) is 5.11. The van der Waals surface area contributed by atoms with Crippen molar-refractivity contribution in [2.24, 2.45) is 10.9 Å². The van der Waals surface area contributed by atoms with Gasteiger partial charge in [0, 0.05) is 6.04 Å². The number of amidine groups is 1. The van der Waals surface area contributed by atoms with Crippen molar-refractivity contribution >= 4 is 23.3 Å². The van der Waals surface area contributed by atoms with Crippen LogP contribution in [0, 0.1) is 0 Å². The van der Waals surface area contributed by atoms with E-state index in [4.69, 9.17) is 10.9 Å². The monoisotopic (exact) mass is 311 g/mol. The molecule has 2 rings (SSSR count). The Bertz CT molecular complexity index is 522. The predicted octanol–water partition coefficient (Wildman–Crippen LogP) is 1.79. The molecule has 0 bridgehead atoms. The summed E-state index contributed by atoms with van der Waals surface area (Å²) in [5.74, 6) is 0.0583. The number of nitrogens with zero attached hydrogens (tertiary/aromatic N) is 4. The average Bonchev–Trinajstić information content (AvgIpc) is 3.13. The molecule has 1 aliphatic rings. The summed E-state index contributed by atoms with van der Waals surface area (Å²) >= 11 is 1.11. The Morgan fingerprint density at radius 2 is 2.19 bits per heavy atom. The van der Waals surface area contributed by atoms with Crippen LogP contribution in [0.15, 0.2) is 5.16 Å². The van der Waals surface area contributed by atoms with E-state index in [1.165, 1.54) is 0 Å². The molecule has 1 aliphatic carbocycles.